The molecule has 1 aliphatic heterocycles. The van der Waals surface area contributed by atoms with E-state index in [0.29, 0.717) is 42.4 Å². The Balaban J connectivity index is 1.97. The maximum Gasteiger partial charge on any atom is 0.234 e. The van der Waals surface area contributed by atoms with Crippen LogP contribution in [-0.4, -0.2) is 54.3 Å². The number of carbonyl (C=O) groups excluding carboxylic acids is 1. The number of carbonyl (C=O) groups is 1. The normalized spacial score (nSPS) is 16.7. The number of unbranched alkanes of at least 4 members (excludes halogenated alkanes) is 3. The number of rotatable bonds is 9. The van der Waals surface area contributed by atoms with E-state index in [-0.39, 0.29) is 12.3 Å². The summed E-state index contributed by atoms with van der Waals surface area (Å²) < 4.78 is 27.1. The van der Waals surface area contributed by atoms with Crippen LogP contribution in [-0.2, 0) is 14.8 Å². The van der Waals surface area contributed by atoms with Gasteiger partial charge in [-0.25, -0.2) is 17.8 Å². The maximum atomic E-state index is 12.8. The lowest BCUT2D eigenvalue weighted by molar-refractivity contribution is -0.153. The highest BCUT2D eigenvalue weighted by atomic mass is 35.5. The lowest BCUT2D eigenvalue weighted by atomic mass is 9.90. The number of hydroxylamine groups is 2. The molecule has 29 heavy (non-hydrogen) atoms. The first kappa shape index (κ1) is 23.7. The van der Waals surface area contributed by atoms with Gasteiger partial charge in [-0.2, -0.15) is 0 Å². The summed E-state index contributed by atoms with van der Waals surface area (Å²) in [7, 11) is -3.65. The van der Waals surface area contributed by atoms with Crippen molar-refractivity contribution < 1.29 is 18.4 Å². The molecule has 0 radical (unpaired) electrons. The first-order chi connectivity index (χ1) is 13.9. The molecule has 0 aromatic heterocycles. The molecule has 1 atom stereocenters. The molecule has 1 amide bonds. The maximum absolute atomic E-state index is 12.8. The number of piperidine rings is 1. The Hall–Kier alpha value is -1.59. The summed E-state index contributed by atoms with van der Waals surface area (Å²) in [6.45, 7) is 2.89. The highest BCUT2D eigenvalue weighted by Crippen LogP contribution is 2.30. The van der Waals surface area contributed by atoms with E-state index in [1.165, 1.54) is 4.31 Å². The largest absolute Gasteiger partial charge is 0.285 e. The number of hydrogen-bond acceptors (Lipinski definition) is 4. The fourth-order valence-corrected chi connectivity index (χ4v) is 5.16. The fraction of sp³-hybridized carbons (Fsp3) is 0.571. The van der Waals surface area contributed by atoms with Crippen molar-refractivity contribution >= 4 is 28.0 Å². The molecule has 160 valence electrons. The molecule has 1 aromatic rings. The highest BCUT2D eigenvalue weighted by molar-refractivity contribution is 7.89. The van der Waals surface area contributed by atoms with Crippen LogP contribution in [0.1, 0.15) is 56.9 Å². The second-order valence-electron chi connectivity index (χ2n) is 7.28. The Bertz CT molecular complexity index is 809. The number of nitrogens with zero attached hydrogens (tertiary/aromatic N) is 2. The van der Waals surface area contributed by atoms with Gasteiger partial charge in [-0.15, -0.1) is 5.92 Å². The Kier molecular flexibility index (Phi) is 9.44. The van der Waals surface area contributed by atoms with Crippen molar-refractivity contribution in [3.8, 4) is 11.8 Å². The van der Waals surface area contributed by atoms with Gasteiger partial charge >= 0.3 is 0 Å². The van der Waals surface area contributed by atoms with Gasteiger partial charge in [0.25, 0.3) is 0 Å². The van der Waals surface area contributed by atoms with Gasteiger partial charge < -0.3 is 0 Å². The molecule has 0 bridgehead atoms. The molecule has 0 spiro atoms. The van der Waals surface area contributed by atoms with Crippen LogP contribution in [0, 0.1) is 11.8 Å². The van der Waals surface area contributed by atoms with Crippen LogP contribution in [0.2, 0.25) is 5.02 Å². The average Bonchev–Trinajstić information content (AvgIpc) is 2.72. The van der Waals surface area contributed by atoms with Crippen LogP contribution >= 0.6 is 11.6 Å². The summed E-state index contributed by atoms with van der Waals surface area (Å²) in [5, 5.41) is 10.8. The van der Waals surface area contributed by atoms with Crippen molar-refractivity contribution in [3.05, 3.63) is 34.9 Å². The molecule has 1 aliphatic rings. The van der Waals surface area contributed by atoms with Gasteiger partial charge in [-0.05, 0) is 42.9 Å². The van der Waals surface area contributed by atoms with E-state index in [1.54, 1.807) is 0 Å². The van der Waals surface area contributed by atoms with Gasteiger partial charge in [0.15, 0.2) is 0 Å². The monoisotopic (exact) mass is 440 g/mol. The second kappa shape index (κ2) is 11.6. The van der Waals surface area contributed by atoms with E-state index in [1.807, 2.05) is 24.3 Å². The molecule has 1 heterocycles. The summed E-state index contributed by atoms with van der Waals surface area (Å²) in [5.41, 5.74) is 1.16. The van der Waals surface area contributed by atoms with Gasteiger partial charge in [-0.1, -0.05) is 49.4 Å². The zero-order chi connectivity index (χ0) is 21.3. The van der Waals surface area contributed by atoms with Crippen molar-refractivity contribution in [1.82, 2.24) is 9.37 Å². The lowest BCUT2D eigenvalue weighted by Gasteiger charge is -2.32. The van der Waals surface area contributed by atoms with E-state index in [9.17, 15) is 18.4 Å². The van der Waals surface area contributed by atoms with E-state index in [2.05, 4.69) is 18.8 Å². The summed E-state index contributed by atoms with van der Waals surface area (Å²) in [5.74, 6) is 5.51. The molecule has 2 rings (SSSR count). The van der Waals surface area contributed by atoms with Crippen LogP contribution in [0.3, 0.4) is 0 Å². The van der Waals surface area contributed by atoms with Gasteiger partial charge in [0.05, 0.1) is 5.75 Å². The van der Waals surface area contributed by atoms with Crippen LogP contribution < -0.4 is 0 Å². The van der Waals surface area contributed by atoms with E-state index >= 15 is 0 Å². The Morgan fingerprint density at radius 3 is 2.52 bits per heavy atom. The summed E-state index contributed by atoms with van der Waals surface area (Å²) in [6.07, 6.45) is 5.25. The van der Waals surface area contributed by atoms with Crippen molar-refractivity contribution in [2.24, 2.45) is 0 Å². The smallest absolute Gasteiger partial charge is 0.234 e. The molecule has 1 aromatic carbocycles. The molecule has 1 fully saturated rings. The molecular weight excluding hydrogens is 412 g/mol. The standard InChI is InChI=1S/C21H29ClN2O4S/c1-2-3-4-5-6-7-21(24(26)17-25)16-29(27,28)23-14-12-19(13-15-23)18-8-10-20(22)11-9-18/h8-11,17,19,21,26H,2-5,12-16H2,1H3. The average molecular weight is 441 g/mol. The highest BCUT2D eigenvalue weighted by Gasteiger charge is 2.31. The fourth-order valence-electron chi connectivity index (χ4n) is 3.42. The van der Waals surface area contributed by atoms with Crippen LogP contribution in [0.15, 0.2) is 24.3 Å². The number of hydrogen-bond donors (Lipinski definition) is 1. The minimum Gasteiger partial charge on any atom is -0.285 e. The molecule has 6 nitrogen and oxygen atoms in total. The van der Waals surface area contributed by atoms with Crippen molar-refractivity contribution in [3.63, 3.8) is 0 Å². The molecule has 0 saturated carbocycles. The quantitative estimate of drug-likeness (QED) is 0.209. The predicted octanol–water partition coefficient (Wildman–Crippen LogP) is 3.65. The summed E-state index contributed by atoms with van der Waals surface area (Å²) >= 11 is 5.93. The van der Waals surface area contributed by atoms with Gasteiger partial charge in [0.1, 0.15) is 6.04 Å². The van der Waals surface area contributed by atoms with E-state index in [0.717, 1.165) is 24.8 Å². The van der Waals surface area contributed by atoms with Crippen LogP contribution in [0.5, 0.6) is 0 Å². The Morgan fingerprint density at radius 1 is 1.28 bits per heavy atom. The lowest BCUT2D eigenvalue weighted by Crippen LogP contribution is -2.44. The minimum absolute atomic E-state index is 0.202. The molecule has 1 N–H and O–H groups in total. The van der Waals surface area contributed by atoms with Gasteiger partial charge in [0, 0.05) is 24.5 Å². The minimum atomic E-state index is -3.65. The summed E-state index contributed by atoms with van der Waals surface area (Å²) in [4.78, 5) is 11.0. The number of halogens is 1. The first-order valence-corrected chi connectivity index (χ1v) is 12.0. The zero-order valence-electron chi connectivity index (χ0n) is 16.8. The number of benzene rings is 1. The molecule has 0 aliphatic carbocycles. The van der Waals surface area contributed by atoms with Crippen molar-refractivity contribution in [2.75, 3.05) is 18.8 Å². The van der Waals surface area contributed by atoms with Crippen molar-refractivity contribution in [2.45, 2.75) is 57.4 Å². The molecular formula is C21H29ClN2O4S. The predicted molar refractivity (Wildman–Crippen MR) is 114 cm³/mol. The third kappa shape index (κ3) is 7.31. The first-order valence-electron chi connectivity index (χ1n) is 10.0. The Morgan fingerprint density at radius 2 is 1.93 bits per heavy atom. The zero-order valence-corrected chi connectivity index (χ0v) is 18.3. The SMILES string of the molecule is CCCCCC#CC(CS(=O)(=O)N1CCC(c2ccc(Cl)cc2)CC1)N(O)C=O. The van der Waals surface area contributed by atoms with Gasteiger partial charge in [-0.3, -0.25) is 10.0 Å². The van der Waals surface area contributed by atoms with Gasteiger partial charge in [0.2, 0.25) is 16.4 Å². The summed E-state index contributed by atoms with van der Waals surface area (Å²) in [6, 6.07) is 6.59. The third-order valence-corrected chi connectivity index (χ3v) is 7.30. The molecule has 1 unspecified atom stereocenters. The number of amides is 1. The molecule has 1 saturated heterocycles. The second-order valence-corrected chi connectivity index (χ2v) is 9.73. The van der Waals surface area contributed by atoms with E-state index < -0.39 is 21.8 Å². The molecule has 8 heteroatoms. The van der Waals surface area contributed by atoms with E-state index in [4.69, 9.17) is 11.6 Å². The topological polar surface area (TPSA) is 77.9 Å². The number of sulfonamides is 1. The van der Waals surface area contributed by atoms with Crippen LogP contribution in [0.4, 0.5) is 0 Å². The van der Waals surface area contributed by atoms with Crippen molar-refractivity contribution in [1.29, 1.82) is 0 Å². The third-order valence-electron chi connectivity index (χ3n) is 5.16. The van der Waals surface area contributed by atoms with Crippen LogP contribution in [0.25, 0.3) is 0 Å². The Labute approximate surface area is 178 Å².